The van der Waals surface area contributed by atoms with Crippen LogP contribution in [0.4, 0.5) is 5.69 Å². The maximum absolute atomic E-state index is 12.3. The second-order valence-electron chi connectivity index (χ2n) is 5.20. The van der Waals surface area contributed by atoms with Gasteiger partial charge in [-0.05, 0) is 29.8 Å². The van der Waals surface area contributed by atoms with Crippen LogP contribution in [-0.2, 0) is 4.79 Å². The highest BCUT2D eigenvalue weighted by atomic mass is 16.5. The second-order valence-corrected chi connectivity index (χ2v) is 5.20. The standard InChI is InChI=1S/C18H17NO5/c1-22-15-5-4-10(7-14(15)20)6-12-11-8-16(23-2)17(24-3)9-13(11)19-18(12)21/h4-9,20H,1-3H3,(H,19,21). The summed E-state index contributed by atoms with van der Waals surface area (Å²) in [6.07, 6.45) is 1.70. The Kier molecular flexibility index (Phi) is 4.04. The van der Waals surface area contributed by atoms with Crippen LogP contribution in [0.3, 0.4) is 0 Å². The molecule has 2 aromatic rings. The van der Waals surface area contributed by atoms with Crippen molar-refractivity contribution in [3.8, 4) is 23.0 Å². The average molecular weight is 327 g/mol. The number of phenols is 1. The van der Waals surface area contributed by atoms with Crippen molar-refractivity contribution < 1.29 is 24.1 Å². The SMILES string of the molecule is COc1ccc(C=C2C(=O)Nc3cc(OC)c(OC)cc32)cc1O. The number of aromatic hydroxyl groups is 1. The maximum Gasteiger partial charge on any atom is 0.256 e. The quantitative estimate of drug-likeness (QED) is 0.844. The fourth-order valence-corrected chi connectivity index (χ4v) is 2.62. The number of ether oxygens (including phenoxy) is 3. The zero-order valence-electron chi connectivity index (χ0n) is 13.5. The molecule has 0 aromatic heterocycles. The lowest BCUT2D eigenvalue weighted by atomic mass is 10.0. The van der Waals surface area contributed by atoms with Crippen molar-refractivity contribution in [2.24, 2.45) is 0 Å². The molecule has 6 heteroatoms. The molecule has 1 aliphatic rings. The van der Waals surface area contributed by atoms with Crippen LogP contribution in [0.15, 0.2) is 30.3 Å². The summed E-state index contributed by atoms with van der Waals surface area (Å²) in [5.41, 5.74) is 2.53. The van der Waals surface area contributed by atoms with Crippen molar-refractivity contribution in [1.82, 2.24) is 0 Å². The highest BCUT2D eigenvalue weighted by Gasteiger charge is 2.26. The van der Waals surface area contributed by atoms with Crippen LogP contribution in [0.1, 0.15) is 11.1 Å². The topological polar surface area (TPSA) is 77.0 Å². The zero-order chi connectivity index (χ0) is 17.3. The molecule has 0 fully saturated rings. The Morgan fingerprint density at radius 2 is 1.62 bits per heavy atom. The first-order chi connectivity index (χ1) is 11.6. The lowest BCUT2D eigenvalue weighted by Crippen LogP contribution is -2.03. The van der Waals surface area contributed by atoms with E-state index < -0.39 is 0 Å². The van der Waals surface area contributed by atoms with Crippen molar-refractivity contribution in [2.45, 2.75) is 0 Å². The molecule has 0 unspecified atom stereocenters. The normalized spacial score (nSPS) is 14.3. The summed E-state index contributed by atoms with van der Waals surface area (Å²) in [5.74, 6) is 1.24. The van der Waals surface area contributed by atoms with E-state index >= 15 is 0 Å². The van der Waals surface area contributed by atoms with E-state index in [-0.39, 0.29) is 11.7 Å². The van der Waals surface area contributed by atoms with Gasteiger partial charge in [0, 0.05) is 17.2 Å². The van der Waals surface area contributed by atoms with Crippen molar-refractivity contribution in [2.75, 3.05) is 26.6 Å². The minimum atomic E-state index is -0.226. The van der Waals surface area contributed by atoms with Crippen molar-refractivity contribution in [1.29, 1.82) is 0 Å². The van der Waals surface area contributed by atoms with Gasteiger partial charge in [-0.1, -0.05) is 6.07 Å². The Morgan fingerprint density at radius 1 is 0.958 bits per heavy atom. The van der Waals surface area contributed by atoms with E-state index in [0.717, 1.165) is 0 Å². The number of benzene rings is 2. The monoisotopic (exact) mass is 327 g/mol. The Labute approximate surface area is 139 Å². The van der Waals surface area contributed by atoms with Crippen molar-refractivity contribution in [3.63, 3.8) is 0 Å². The number of amides is 1. The lowest BCUT2D eigenvalue weighted by molar-refractivity contribution is -0.110. The van der Waals surface area contributed by atoms with Crippen LogP contribution in [-0.4, -0.2) is 32.3 Å². The van der Waals surface area contributed by atoms with Gasteiger partial charge in [-0.2, -0.15) is 0 Å². The lowest BCUT2D eigenvalue weighted by Gasteiger charge is -2.09. The number of hydrogen-bond donors (Lipinski definition) is 2. The molecule has 1 aliphatic heterocycles. The number of hydrogen-bond acceptors (Lipinski definition) is 5. The molecular weight excluding hydrogens is 310 g/mol. The van der Waals surface area contributed by atoms with E-state index in [0.29, 0.717) is 39.6 Å². The number of methoxy groups -OCH3 is 3. The Balaban J connectivity index is 2.07. The number of phenolic OH excluding ortho intramolecular Hbond substituents is 1. The maximum atomic E-state index is 12.3. The number of carbonyl (C=O) groups excluding carboxylic acids is 1. The molecule has 0 atom stereocenters. The molecule has 6 nitrogen and oxygen atoms in total. The molecule has 124 valence electrons. The van der Waals surface area contributed by atoms with E-state index in [1.54, 1.807) is 37.5 Å². The first-order valence-corrected chi connectivity index (χ1v) is 7.23. The predicted molar refractivity (Wildman–Crippen MR) is 90.7 cm³/mol. The fraction of sp³-hybridized carbons (Fsp3) is 0.167. The summed E-state index contributed by atoms with van der Waals surface area (Å²) in [7, 11) is 4.56. The number of nitrogens with one attached hydrogen (secondary N) is 1. The van der Waals surface area contributed by atoms with Crippen molar-refractivity contribution >= 4 is 23.2 Å². The first kappa shape index (κ1) is 15.7. The highest BCUT2D eigenvalue weighted by Crippen LogP contribution is 2.41. The number of rotatable bonds is 4. The molecule has 1 heterocycles. The van der Waals surface area contributed by atoms with Gasteiger partial charge in [0.1, 0.15) is 0 Å². The van der Waals surface area contributed by atoms with Gasteiger partial charge in [0.15, 0.2) is 23.0 Å². The van der Waals surface area contributed by atoms with Gasteiger partial charge in [-0.3, -0.25) is 4.79 Å². The second kappa shape index (κ2) is 6.16. The first-order valence-electron chi connectivity index (χ1n) is 7.23. The van der Waals surface area contributed by atoms with E-state index in [4.69, 9.17) is 14.2 Å². The van der Waals surface area contributed by atoms with Crippen LogP contribution < -0.4 is 19.5 Å². The van der Waals surface area contributed by atoms with Crippen LogP contribution in [0.25, 0.3) is 11.6 Å². The van der Waals surface area contributed by atoms with Gasteiger partial charge < -0.3 is 24.6 Å². The summed E-state index contributed by atoms with van der Waals surface area (Å²) in [4.78, 5) is 12.3. The van der Waals surface area contributed by atoms with Gasteiger partial charge in [0.05, 0.1) is 27.0 Å². The average Bonchev–Trinajstić information content (AvgIpc) is 2.88. The minimum absolute atomic E-state index is 0.0118. The van der Waals surface area contributed by atoms with Gasteiger partial charge in [-0.25, -0.2) is 0 Å². The predicted octanol–water partition coefficient (Wildman–Crippen LogP) is 2.91. The Morgan fingerprint density at radius 3 is 2.25 bits per heavy atom. The zero-order valence-corrected chi connectivity index (χ0v) is 13.5. The number of carbonyl (C=O) groups is 1. The smallest absolute Gasteiger partial charge is 0.256 e. The molecule has 0 saturated heterocycles. The Bertz CT molecular complexity index is 842. The van der Waals surface area contributed by atoms with E-state index in [9.17, 15) is 9.90 Å². The van der Waals surface area contributed by atoms with Crippen LogP contribution in [0.5, 0.6) is 23.0 Å². The summed E-state index contributed by atoms with van der Waals surface area (Å²) in [6, 6.07) is 8.42. The minimum Gasteiger partial charge on any atom is -0.504 e. The molecule has 0 radical (unpaired) electrons. The third-order valence-electron chi connectivity index (χ3n) is 3.82. The summed E-state index contributed by atoms with van der Waals surface area (Å²) >= 11 is 0. The van der Waals surface area contributed by atoms with Crippen LogP contribution in [0.2, 0.25) is 0 Å². The molecule has 0 saturated carbocycles. The van der Waals surface area contributed by atoms with Gasteiger partial charge in [0.2, 0.25) is 0 Å². The highest BCUT2D eigenvalue weighted by molar-refractivity contribution is 6.35. The molecule has 0 aliphatic carbocycles. The van der Waals surface area contributed by atoms with Gasteiger partial charge in [0.25, 0.3) is 5.91 Å². The molecule has 2 aromatic carbocycles. The molecule has 1 amide bonds. The summed E-state index contributed by atoms with van der Waals surface area (Å²) < 4.78 is 15.6. The third kappa shape index (κ3) is 2.62. The summed E-state index contributed by atoms with van der Waals surface area (Å²) in [5, 5.41) is 12.7. The van der Waals surface area contributed by atoms with E-state index in [1.807, 2.05) is 0 Å². The molecule has 3 rings (SSSR count). The van der Waals surface area contributed by atoms with Crippen LogP contribution >= 0.6 is 0 Å². The largest absolute Gasteiger partial charge is 0.504 e. The molecule has 2 N–H and O–H groups in total. The summed E-state index contributed by atoms with van der Waals surface area (Å²) in [6.45, 7) is 0. The van der Waals surface area contributed by atoms with Crippen LogP contribution in [0, 0.1) is 0 Å². The Hall–Kier alpha value is -3.15. The van der Waals surface area contributed by atoms with Crippen molar-refractivity contribution in [3.05, 3.63) is 41.5 Å². The number of anilines is 1. The van der Waals surface area contributed by atoms with Gasteiger partial charge in [-0.15, -0.1) is 0 Å². The molecule has 0 bridgehead atoms. The van der Waals surface area contributed by atoms with E-state index in [2.05, 4.69) is 5.32 Å². The molecule has 24 heavy (non-hydrogen) atoms. The molecular formula is C18H17NO5. The number of fused-ring (bicyclic) bond motifs is 1. The fourth-order valence-electron chi connectivity index (χ4n) is 2.62. The van der Waals surface area contributed by atoms with Gasteiger partial charge >= 0.3 is 0 Å². The molecule has 0 spiro atoms. The third-order valence-corrected chi connectivity index (χ3v) is 3.82. The van der Waals surface area contributed by atoms with E-state index in [1.165, 1.54) is 20.3 Å².